The number of anilines is 1. The average molecular weight is 268 g/mol. The van der Waals surface area contributed by atoms with Gasteiger partial charge in [0.05, 0.1) is 0 Å². The first-order chi connectivity index (χ1) is 8.59. The summed E-state index contributed by atoms with van der Waals surface area (Å²) in [5.41, 5.74) is 0.864. The van der Waals surface area contributed by atoms with Crippen molar-refractivity contribution < 1.29 is 4.79 Å². The van der Waals surface area contributed by atoms with E-state index in [0.29, 0.717) is 11.6 Å². The first kappa shape index (κ1) is 13.3. The second-order valence-corrected chi connectivity index (χ2v) is 5.01. The molecule has 98 valence electrons. The van der Waals surface area contributed by atoms with Crippen molar-refractivity contribution in [3.05, 3.63) is 29.3 Å². The maximum absolute atomic E-state index is 12.4. The fourth-order valence-corrected chi connectivity index (χ4v) is 2.22. The lowest BCUT2D eigenvalue weighted by molar-refractivity contribution is -0.123. The van der Waals surface area contributed by atoms with Gasteiger partial charge in [0, 0.05) is 37.4 Å². The van der Waals surface area contributed by atoms with Crippen molar-refractivity contribution in [2.75, 3.05) is 38.6 Å². The van der Waals surface area contributed by atoms with Crippen molar-refractivity contribution in [2.45, 2.75) is 6.04 Å². The monoisotopic (exact) mass is 267 g/mol. The van der Waals surface area contributed by atoms with Crippen LogP contribution >= 0.6 is 11.6 Å². The molecule has 0 saturated carbocycles. The van der Waals surface area contributed by atoms with Crippen molar-refractivity contribution in [3.63, 3.8) is 0 Å². The molecule has 18 heavy (non-hydrogen) atoms. The van der Waals surface area contributed by atoms with Crippen LogP contribution in [0.25, 0.3) is 0 Å². The van der Waals surface area contributed by atoms with Crippen molar-refractivity contribution in [1.29, 1.82) is 0 Å². The maximum Gasteiger partial charge on any atom is 0.245 e. The van der Waals surface area contributed by atoms with Crippen LogP contribution in [0.5, 0.6) is 0 Å². The van der Waals surface area contributed by atoms with Gasteiger partial charge in [-0.2, -0.15) is 0 Å². The van der Waals surface area contributed by atoms with Crippen LogP contribution in [-0.2, 0) is 4.79 Å². The van der Waals surface area contributed by atoms with E-state index in [9.17, 15) is 4.79 Å². The fourth-order valence-electron chi connectivity index (χ4n) is 2.10. The van der Waals surface area contributed by atoms with Crippen LogP contribution in [0.4, 0.5) is 5.69 Å². The van der Waals surface area contributed by atoms with Crippen LogP contribution in [-0.4, -0.2) is 50.6 Å². The van der Waals surface area contributed by atoms with Crippen molar-refractivity contribution in [2.24, 2.45) is 0 Å². The minimum Gasteiger partial charge on any atom is -0.314 e. The van der Waals surface area contributed by atoms with E-state index < -0.39 is 0 Å². The first-order valence-electron chi connectivity index (χ1n) is 6.03. The van der Waals surface area contributed by atoms with Gasteiger partial charge in [-0.1, -0.05) is 11.6 Å². The van der Waals surface area contributed by atoms with E-state index in [1.54, 1.807) is 24.1 Å². The Kier molecular flexibility index (Phi) is 4.22. The molecule has 0 bridgehead atoms. The molecule has 1 aliphatic heterocycles. The lowest BCUT2D eigenvalue weighted by Gasteiger charge is -2.34. The molecule has 1 amide bonds. The predicted octanol–water partition coefficient (Wildman–Crippen LogP) is 1.21. The zero-order valence-electron chi connectivity index (χ0n) is 10.7. The number of amides is 1. The molecule has 0 aromatic heterocycles. The molecule has 1 saturated heterocycles. The molecule has 1 atom stereocenters. The summed E-state index contributed by atoms with van der Waals surface area (Å²) < 4.78 is 0. The molecule has 0 spiro atoms. The number of benzene rings is 1. The van der Waals surface area contributed by atoms with Gasteiger partial charge in [-0.05, 0) is 31.3 Å². The fraction of sp³-hybridized carbons (Fsp3) is 0.462. The van der Waals surface area contributed by atoms with Gasteiger partial charge in [-0.15, -0.1) is 0 Å². The van der Waals surface area contributed by atoms with E-state index >= 15 is 0 Å². The molecule has 1 aliphatic rings. The van der Waals surface area contributed by atoms with E-state index in [2.05, 4.69) is 10.2 Å². The molecule has 1 aromatic carbocycles. The summed E-state index contributed by atoms with van der Waals surface area (Å²) in [5, 5.41) is 3.93. The number of hydrogen-bond donors (Lipinski definition) is 1. The number of nitrogens with zero attached hydrogens (tertiary/aromatic N) is 2. The minimum absolute atomic E-state index is 0.0978. The summed E-state index contributed by atoms with van der Waals surface area (Å²) in [5.74, 6) is 0.104. The Bertz CT molecular complexity index is 421. The van der Waals surface area contributed by atoms with E-state index in [1.165, 1.54) is 0 Å². The number of carbonyl (C=O) groups is 1. The smallest absolute Gasteiger partial charge is 0.245 e. The Morgan fingerprint density at radius 2 is 2.11 bits per heavy atom. The van der Waals surface area contributed by atoms with Gasteiger partial charge < -0.3 is 10.2 Å². The summed E-state index contributed by atoms with van der Waals surface area (Å²) in [6.45, 7) is 2.53. The van der Waals surface area contributed by atoms with E-state index in [4.69, 9.17) is 11.6 Å². The number of halogens is 1. The Labute approximate surface area is 113 Å². The zero-order valence-corrected chi connectivity index (χ0v) is 11.4. The highest BCUT2D eigenvalue weighted by molar-refractivity contribution is 6.30. The van der Waals surface area contributed by atoms with Crippen LogP contribution in [0, 0.1) is 0 Å². The van der Waals surface area contributed by atoms with Crippen LogP contribution in [0.3, 0.4) is 0 Å². The van der Waals surface area contributed by atoms with Gasteiger partial charge in [-0.25, -0.2) is 0 Å². The number of nitrogens with one attached hydrogen (secondary N) is 1. The van der Waals surface area contributed by atoms with Crippen molar-refractivity contribution in [3.8, 4) is 0 Å². The van der Waals surface area contributed by atoms with Gasteiger partial charge in [-0.3, -0.25) is 9.69 Å². The Morgan fingerprint density at radius 1 is 1.44 bits per heavy atom. The van der Waals surface area contributed by atoms with E-state index in [-0.39, 0.29) is 11.9 Å². The first-order valence-corrected chi connectivity index (χ1v) is 6.41. The minimum atomic E-state index is -0.0978. The predicted molar refractivity (Wildman–Crippen MR) is 74.1 cm³/mol. The summed E-state index contributed by atoms with van der Waals surface area (Å²) in [4.78, 5) is 16.2. The third-order valence-corrected chi connectivity index (χ3v) is 3.59. The molecular formula is C13H18ClN3O. The van der Waals surface area contributed by atoms with Gasteiger partial charge in [0.2, 0.25) is 5.91 Å². The summed E-state index contributed by atoms with van der Waals surface area (Å²) >= 11 is 5.85. The average Bonchev–Trinajstić information content (AvgIpc) is 2.38. The number of hydrogen-bond acceptors (Lipinski definition) is 3. The largest absolute Gasteiger partial charge is 0.314 e. The third-order valence-electron chi connectivity index (χ3n) is 3.34. The number of rotatable bonds is 2. The standard InChI is InChI=1S/C13H18ClN3O/c1-16-8-7-15-9-12(16)13(18)17(2)11-5-3-10(14)4-6-11/h3-6,12,15H,7-9H2,1-2H3. The highest BCUT2D eigenvalue weighted by Gasteiger charge is 2.28. The molecule has 2 rings (SSSR count). The molecule has 0 aliphatic carbocycles. The topological polar surface area (TPSA) is 35.6 Å². The van der Waals surface area contributed by atoms with Crippen LogP contribution in [0.15, 0.2) is 24.3 Å². The van der Waals surface area contributed by atoms with Crippen LogP contribution in [0.1, 0.15) is 0 Å². The van der Waals surface area contributed by atoms with E-state index in [0.717, 1.165) is 18.8 Å². The quantitative estimate of drug-likeness (QED) is 0.875. The Balaban J connectivity index is 2.10. The van der Waals surface area contributed by atoms with Crippen molar-refractivity contribution >= 4 is 23.2 Å². The molecule has 1 aromatic rings. The number of piperazine rings is 1. The lowest BCUT2D eigenvalue weighted by atomic mass is 10.1. The van der Waals surface area contributed by atoms with Gasteiger partial charge >= 0.3 is 0 Å². The maximum atomic E-state index is 12.4. The van der Waals surface area contributed by atoms with Crippen molar-refractivity contribution in [1.82, 2.24) is 10.2 Å². The molecule has 4 nitrogen and oxygen atoms in total. The molecule has 1 unspecified atom stereocenters. The lowest BCUT2D eigenvalue weighted by Crippen LogP contribution is -2.56. The Morgan fingerprint density at radius 3 is 2.72 bits per heavy atom. The van der Waals surface area contributed by atoms with Crippen LogP contribution < -0.4 is 10.2 Å². The van der Waals surface area contributed by atoms with Gasteiger partial charge in [0.15, 0.2) is 0 Å². The summed E-state index contributed by atoms with van der Waals surface area (Å²) in [6.07, 6.45) is 0. The number of likely N-dealkylation sites (N-methyl/N-ethyl adjacent to an activating group) is 2. The van der Waals surface area contributed by atoms with Gasteiger partial charge in [0.25, 0.3) is 0 Å². The molecule has 5 heteroatoms. The molecule has 0 radical (unpaired) electrons. The third kappa shape index (κ3) is 2.83. The zero-order chi connectivity index (χ0) is 13.1. The second-order valence-electron chi connectivity index (χ2n) is 4.57. The van der Waals surface area contributed by atoms with Crippen LogP contribution in [0.2, 0.25) is 5.02 Å². The normalized spacial score (nSPS) is 20.7. The number of carbonyl (C=O) groups excluding carboxylic acids is 1. The SMILES string of the molecule is CN(C(=O)C1CNCCN1C)c1ccc(Cl)cc1. The van der Waals surface area contributed by atoms with E-state index in [1.807, 2.05) is 19.2 Å². The summed E-state index contributed by atoms with van der Waals surface area (Å²) in [6, 6.07) is 7.21. The Hall–Kier alpha value is -1.10. The molecule has 1 N–H and O–H groups in total. The molecular weight excluding hydrogens is 250 g/mol. The molecule has 1 heterocycles. The molecule has 1 fully saturated rings. The second kappa shape index (κ2) is 5.69. The van der Waals surface area contributed by atoms with Gasteiger partial charge in [0.1, 0.15) is 6.04 Å². The highest BCUT2D eigenvalue weighted by atomic mass is 35.5. The summed E-state index contributed by atoms with van der Waals surface area (Å²) in [7, 11) is 3.78. The highest BCUT2D eigenvalue weighted by Crippen LogP contribution is 2.18.